The van der Waals surface area contributed by atoms with E-state index in [9.17, 15) is 4.79 Å². The average Bonchev–Trinajstić information content (AvgIpc) is 3.36. The number of fused-ring (bicyclic) bond motifs is 7. The highest BCUT2D eigenvalue weighted by molar-refractivity contribution is 7.03. The normalized spacial score (nSPS) is 22.1. The lowest BCUT2D eigenvalue weighted by Crippen LogP contribution is -2.63. The Morgan fingerprint density at radius 1 is 0.652 bits per heavy atom. The van der Waals surface area contributed by atoms with Crippen molar-refractivity contribution in [3.05, 3.63) is 102 Å². The fraction of sp³-hybridized carbons (Fsp3) is 0.483. The second-order valence-corrected chi connectivity index (χ2v) is 31.2. The smallest absolute Gasteiger partial charge is 0.192 e. The van der Waals surface area contributed by atoms with E-state index in [1.165, 1.54) is 160 Å². The maximum atomic E-state index is 14.1. The molecule has 3 aromatic rings. The van der Waals surface area contributed by atoms with E-state index >= 15 is 0 Å². The molecule has 0 unspecified atom stereocenters. The van der Waals surface area contributed by atoms with E-state index in [0.717, 1.165) is 49.7 Å². The second-order valence-electron chi connectivity index (χ2n) is 22.7. The van der Waals surface area contributed by atoms with Gasteiger partial charge < -0.3 is 25.8 Å². The number of benzene rings is 3. The summed E-state index contributed by atoms with van der Waals surface area (Å²) in [7, 11) is -3.92. The Bertz CT molecular complexity index is 2860. The van der Waals surface area contributed by atoms with Crippen LogP contribution in [0, 0.1) is 30.7 Å². The minimum Gasteiger partial charge on any atom is -0.374 e. The van der Waals surface area contributed by atoms with Crippen LogP contribution in [0.25, 0.3) is 5.70 Å². The minimum atomic E-state index is -1.99. The lowest BCUT2D eigenvalue weighted by molar-refractivity contribution is -0.508. The van der Waals surface area contributed by atoms with Crippen molar-refractivity contribution in [2.75, 3.05) is 73.6 Å². The van der Waals surface area contributed by atoms with Gasteiger partial charge in [0.05, 0.1) is 27.4 Å². The van der Waals surface area contributed by atoms with Crippen LogP contribution in [0.3, 0.4) is 0 Å². The highest BCUT2D eigenvalue weighted by Gasteiger charge is 2.48. The maximum Gasteiger partial charge on any atom is 0.192 e. The molecule has 3 aromatic carbocycles. The van der Waals surface area contributed by atoms with Gasteiger partial charge in [0.25, 0.3) is 0 Å². The SMILES string of the molecule is C#CCN.C#CCNC1=C2C=C3CCC=[N+]4CCCC(=C2[Si](C)(C)c2c1cc1c5c2CCCN5CCC1)[C-]34.C[Si]1(C)c2c(cc3c4c2CCCN4CCC3)C(=O)c2cc3c4c(c21)CCCN4CCC3. The molecule has 10 heterocycles. The third kappa shape index (κ3) is 6.87. The predicted octanol–water partition coefficient (Wildman–Crippen LogP) is 7.26. The van der Waals surface area contributed by atoms with Gasteiger partial charge in [-0.1, -0.05) is 59.9 Å². The van der Waals surface area contributed by atoms with Crippen LogP contribution in [0.1, 0.15) is 119 Å². The molecule has 0 atom stereocenters. The molecule has 0 aromatic heterocycles. The number of carbonyl (C=O) groups excluding carboxylic acids is 1. The molecule has 356 valence electrons. The number of rotatable bonds is 2. The Balaban J connectivity index is 0.000000133. The van der Waals surface area contributed by atoms with Crippen molar-refractivity contribution in [2.24, 2.45) is 5.73 Å². The molecule has 69 heavy (non-hydrogen) atoms. The van der Waals surface area contributed by atoms with Crippen LogP contribution in [-0.2, 0) is 38.5 Å². The summed E-state index contributed by atoms with van der Waals surface area (Å²) in [6.45, 7) is 19.7. The number of piperidine rings is 1. The molecule has 1 fully saturated rings. The van der Waals surface area contributed by atoms with Crippen LogP contribution in [0.15, 0.2) is 46.2 Å². The lowest BCUT2D eigenvalue weighted by Gasteiger charge is -2.50. The molecule has 3 N–H and O–H groups in total. The van der Waals surface area contributed by atoms with Gasteiger partial charge in [0.2, 0.25) is 0 Å². The standard InChI is InChI=1S/C30H35N3Si.C27H32N2OSi.C3H5N/c1-4-13-31-26-24-18-20-9-5-14-32-16-7-11-22(27(20)32)29(24)34(2,3)30-23-12-8-17-33-15-6-10-21(28(23)33)19-25(26)30;1-31(2)26-19-9-5-13-28-11-3-7-17(23(19)28)15-21(26)25(30)22-16-18-8-4-12-29-14-6-10-20(24(18)29)27(22)31;1-2-3-4/h1,14,18-19,31H,5-13,15-17H2,2-3H3;15-16H,3-14H2,1-2H3;1H,3-4H2. The van der Waals surface area contributed by atoms with Gasteiger partial charge in [0.1, 0.15) is 20.7 Å². The molecule has 11 aliphatic rings. The van der Waals surface area contributed by atoms with Gasteiger partial charge in [-0.05, 0) is 164 Å². The van der Waals surface area contributed by atoms with E-state index in [4.69, 9.17) is 12.2 Å². The highest BCUT2D eigenvalue weighted by Crippen LogP contribution is 2.51. The molecule has 7 nitrogen and oxygen atoms in total. The molecule has 1 saturated heterocycles. The molecule has 0 saturated carbocycles. The molecule has 0 bridgehead atoms. The summed E-state index contributed by atoms with van der Waals surface area (Å²) >= 11 is 0. The molecule has 14 rings (SSSR count). The fourth-order valence-electron chi connectivity index (χ4n) is 15.7. The van der Waals surface area contributed by atoms with E-state index in [0.29, 0.717) is 18.9 Å². The first kappa shape index (κ1) is 45.0. The van der Waals surface area contributed by atoms with Crippen LogP contribution in [0.5, 0.6) is 0 Å². The van der Waals surface area contributed by atoms with Crippen molar-refractivity contribution < 1.29 is 9.37 Å². The molecular weight excluding hydrogens is 877 g/mol. The molecule has 0 amide bonds. The van der Waals surface area contributed by atoms with Gasteiger partial charge >= 0.3 is 0 Å². The Hall–Kier alpha value is -5.20. The number of ketones is 1. The summed E-state index contributed by atoms with van der Waals surface area (Å²) in [6, 6.07) is 8.81. The van der Waals surface area contributed by atoms with Crippen molar-refractivity contribution in [3.8, 4) is 24.7 Å². The highest BCUT2D eigenvalue weighted by atomic mass is 28.3. The van der Waals surface area contributed by atoms with Gasteiger partial charge in [0, 0.05) is 79.6 Å². The van der Waals surface area contributed by atoms with Crippen molar-refractivity contribution in [1.29, 1.82) is 0 Å². The predicted molar refractivity (Wildman–Crippen MR) is 293 cm³/mol. The Labute approximate surface area is 414 Å². The van der Waals surface area contributed by atoms with Crippen LogP contribution in [0.2, 0.25) is 26.2 Å². The third-order valence-corrected chi connectivity index (χ3v) is 25.2. The van der Waals surface area contributed by atoms with Crippen LogP contribution >= 0.6 is 0 Å². The average molecular weight is 949 g/mol. The number of allylic oxidation sites excluding steroid dienone is 3. The quantitative estimate of drug-likeness (QED) is 0.122. The zero-order valence-electron chi connectivity index (χ0n) is 42.0. The van der Waals surface area contributed by atoms with Crippen LogP contribution < -0.4 is 41.3 Å². The maximum absolute atomic E-state index is 14.1. The molecule has 0 spiro atoms. The summed E-state index contributed by atoms with van der Waals surface area (Å²) in [5, 5.41) is 10.2. The van der Waals surface area contributed by atoms with Gasteiger partial charge in [-0.15, -0.1) is 24.1 Å². The van der Waals surface area contributed by atoms with Crippen molar-refractivity contribution >= 4 is 66.5 Å². The molecule has 0 radical (unpaired) electrons. The third-order valence-electron chi connectivity index (χ3n) is 17.9. The van der Waals surface area contributed by atoms with Crippen LogP contribution in [-0.4, -0.2) is 91.6 Å². The number of terminal acetylenes is 2. The Morgan fingerprint density at radius 2 is 1.13 bits per heavy atom. The van der Waals surface area contributed by atoms with Gasteiger partial charge in [-0.25, -0.2) is 0 Å². The topological polar surface area (TPSA) is 67.8 Å². The number of nitrogens with zero attached hydrogens (tertiary/aromatic N) is 4. The largest absolute Gasteiger partial charge is 0.374 e. The van der Waals surface area contributed by atoms with E-state index in [2.05, 4.69) is 99.5 Å². The van der Waals surface area contributed by atoms with Crippen molar-refractivity contribution in [1.82, 2.24) is 5.32 Å². The molecule has 1 aliphatic carbocycles. The number of hydrogen-bond donors (Lipinski definition) is 2. The first-order valence-electron chi connectivity index (χ1n) is 26.9. The summed E-state index contributed by atoms with van der Waals surface area (Å²) in [5.41, 5.74) is 28.4. The number of carbonyl (C=O) groups is 1. The number of anilines is 3. The fourth-order valence-corrected chi connectivity index (χ4v) is 23.7. The number of aryl methyl sites for hydroxylation is 3. The molecule has 10 aliphatic heterocycles. The number of hydrogen-bond acceptors (Lipinski definition) is 6. The first-order chi connectivity index (χ1) is 33.6. The Kier molecular flexibility index (Phi) is 11.3. The van der Waals surface area contributed by atoms with Crippen molar-refractivity contribution in [3.63, 3.8) is 0 Å². The number of nitrogens with two attached hydrogens (primary N) is 1. The first-order valence-corrected chi connectivity index (χ1v) is 32.9. The molecule has 9 heteroatoms. The summed E-state index contributed by atoms with van der Waals surface area (Å²) in [4.78, 5) is 22.1. The van der Waals surface area contributed by atoms with E-state index in [-0.39, 0.29) is 0 Å². The van der Waals surface area contributed by atoms with Gasteiger partial charge in [0.15, 0.2) is 5.78 Å². The molecular formula is C60H72N6OSi2. The second kappa shape index (κ2) is 17.3. The van der Waals surface area contributed by atoms with Gasteiger partial charge in [-0.3, -0.25) is 9.37 Å². The zero-order chi connectivity index (χ0) is 47.3. The van der Waals surface area contributed by atoms with Gasteiger partial charge in [-0.2, -0.15) is 0 Å². The minimum absolute atomic E-state index is 0.334. The summed E-state index contributed by atoms with van der Waals surface area (Å²) in [5.74, 6) is 5.42. The Morgan fingerprint density at radius 3 is 1.62 bits per heavy atom. The van der Waals surface area contributed by atoms with E-state index in [1.54, 1.807) is 55.5 Å². The summed E-state index contributed by atoms with van der Waals surface area (Å²) < 4.78 is 2.59. The van der Waals surface area contributed by atoms with Crippen molar-refractivity contribution in [2.45, 2.75) is 129 Å². The van der Waals surface area contributed by atoms with E-state index < -0.39 is 16.1 Å². The summed E-state index contributed by atoms with van der Waals surface area (Å²) in [6.07, 6.45) is 34.8. The monoisotopic (exact) mass is 949 g/mol. The van der Waals surface area contributed by atoms with Crippen LogP contribution in [0.4, 0.5) is 17.1 Å². The zero-order valence-corrected chi connectivity index (χ0v) is 44.0. The number of nitrogens with one attached hydrogen (secondary N) is 1. The lowest BCUT2D eigenvalue weighted by atomic mass is 9.79. The van der Waals surface area contributed by atoms with E-state index in [1.807, 2.05) is 0 Å².